The van der Waals surface area contributed by atoms with Gasteiger partial charge in [0.05, 0.1) is 6.10 Å². The minimum Gasteiger partial charge on any atom is -0.396 e. The lowest BCUT2D eigenvalue weighted by molar-refractivity contribution is 0.0770. The molecule has 3 nitrogen and oxygen atoms in total. The zero-order chi connectivity index (χ0) is 8.97. The fraction of sp³-hybridized carbons (Fsp3) is 0.444. The monoisotopic (exact) mass is 167 g/mol. The first-order valence-corrected chi connectivity index (χ1v) is 3.94. The van der Waals surface area contributed by atoms with Crippen molar-refractivity contribution in [1.82, 2.24) is 4.98 Å². The molecule has 2 atom stereocenters. The Hall–Kier alpha value is -0.930. The molecule has 1 heterocycles. The molecule has 1 rings (SSSR count). The molecule has 0 radical (unpaired) electrons. The minimum absolute atomic E-state index is 0.0104. The predicted octanol–water partition coefficient (Wildman–Crippen LogP) is 0.743. The first kappa shape index (κ1) is 9.16. The third-order valence-corrected chi connectivity index (χ3v) is 1.87. The van der Waals surface area contributed by atoms with Gasteiger partial charge in [0.2, 0.25) is 0 Å². The van der Waals surface area contributed by atoms with Crippen LogP contribution in [0.1, 0.15) is 18.6 Å². The number of aromatic nitrogens is 1. The van der Waals surface area contributed by atoms with E-state index in [2.05, 4.69) is 4.98 Å². The van der Waals surface area contributed by atoms with Crippen molar-refractivity contribution < 1.29 is 10.2 Å². The lowest BCUT2D eigenvalue weighted by Crippen LogP contribution is -2.12. The molecule has 66 valence electrons. The Balaban J connectivity index is 2.71. The minimum atomic E-state index is -0.599. The van der Waals surface area contributed by atoms with Crippen LogP contribution in [0.3, 0.4) is 0 Å². The number of pyridine rings is 1. The van der Waals surface area contributed by atoms with Crippen molar-refractivity contribution in [2.75, 3.05) is 6.61 Å². The quantitative estimate of drug-likeness (QED) is 0.698. The van der Waals surface area contributed by atoms with Gasteiger partial charge in [0.15, 0.2) is 0 Å². The number of hydrogen-bond donors (Lipinski definition) is 2. The molecule has 0 fully saturated rings. The van der Waals surface area contributed by atoms with Gasteiger partial charge >= 0.3 is 0 Å². The molecule has 0 saturated heterocycles. The molecular formula is C9H13NO2. The van der Waals surface area contributed by atoms with Crippen LogP contribution in [0.4, 0.5) is 0 Å². The van der Waals surface area contributed by atoms with Crippen LogP contribution in [0.5, 0.6) is 0 Å². The molecule has 12 heavy (non-hydrogen) atoms. The van der Waals surface area contributed by atoms with E-state index in [1.807, 2.05) is 0 Å². The van der Waals surface area contributed by atoms with Crippen molar-refractivity contribution >= 4 is 0 Å². The topological polar surface area (TPSA) is 53.4 Å². The number of rotatable bonds is 3. The average Bonchev–Trinajstić information content (AvgIpc) is 2.17. The predicted molar refractivity (Wildman–Crippen MR) is 45.4 cm³/mol. The summed E-state index contributed by atoms with van der Waals surface area (Å²) in [6.45, 7) is 1.79. The summed E-state index contributed by atoms with van der Waals surface area (Å²) < 4.78 is 0. The number of aliphatic hydroxyl groups excluding tert-OH is 2. The molecule has 0 saturated carbocycles. The van der Waals surface area contributed by atoms with Crippen LogP contribution in [-0.2, 0) is 0 Å². The molecule has 0 amide bonds. The largest absolute Gasteiger partial charge is 0.396 e. The van der Waals surface area contributed by atoms with Gasteiger partial charge in [0.25, 0.3) is 0 Å². The van der Waals surface area contributed by atoms with E-state index in [1.165, 1.54) is 0 Å². The van der Waals surface area contributed by atoms with Crippen molar-refractivity contribution in [3.8, 4) is 0 Å². The number of aliphatic hydroxyl groups is 2. The summed E-state index contributed by atoms with van der Waals surface area (Å²) in [6, 6.07) is 3.49. The van der Waals surface area contributed by atoms with Gasteiger partial charge in [0.1, 0.15) is 0 Å². The van der Waals surface area contributed by atoms with Gasteiger partial charge < -0.3 is 10.2 Å². The van der Waals surface area contributed by atoms with Gasteiger partial charge in [-0.05, 0) is 17.7 Å². The molecule has 0 spiro atoms. The Labute approximate surface area is 71.7 Å². The molecule has 0 aliphatic rings. The van der Waals surface area contributed by atoms with Gasteiger partial charge in [-0.3, -0.25) is 4.98 Å². The van der Waals surface area contributed by atoms with Crippen LogP contribution < -0.4 is 0 Å². The first-order valence-electron chi connectivity index (χ1n) is 3.94. The van der Waals surface area contributed by atoms with Crippen molar-refractivity contribution in [1.29, 1.82) is 0 Å². The van der Waals surface area contributed by atoms with Crippen LogP contribution in [0.25, 0.3) is 0 Å². The number of hydrogen-bond acceptors (Lipinski definition) is 3. The Morgan fingerprint density at radius 3 is 2.50 bits per heavy atom. The lowest BCUT2D eigenvalue weighted by Gasteiger charge is -2.15. The third-order valence-electron chi connectivity index (χ3n) is 1.87. The van der Waals surface area contributed by atoms with Crippen LogP contribution in [0.15, 0.2) is 24.5 Å². The SMILES string of the molecule is C[C@H](CO)[C@@H](O)c1ccncc1. The maximum absolute atomic E-state index is 9.60. The van der Waals surface area contributed by atoms with Crippen molar-refractivity contribution in [2.45, 2.75) is 13.0 Å². The Kier molecular flexibility index (Phi) is 3.19. The fourth-order valence-corrected chi connectivity index (χ4v) is 0.989. The highest BCUT2D eigenvalue weighted by molar-refractivity contribution is 5.13. The number of nitrogens with zero attached hydrogens (tertiary/aromatic N) is 1. The maximum Gasteiger partial charge on any atom is 0.0838 e. The third kappa shape index (κ3) is 2.03. The Morgan fingerprint density at radius 2 is 2.00 bits per heavy atom. The molecule has 1 aromatic rings. The second kappa shape index (κ2) is 4.18. The molecule has 0 bridgehead atoms. The van der Waals surface area contributed by atoms with Crippen LogP contribution in [0, 0.1) is 5.92 Å². The molecule has 1 aromatic heterocycles. The van der Waals surface area contributed by atoms with E-state index in [-0.39, 0.29) is 12.5 Å². The summed E-state index contributed by atoms with van der Waals surface area (Å²) in [6.07, 6.45) is 2.66. The summed E-state index contributed by atoms with van der Waals surface area (Å²) in [5.74, 6) is -0.132. The Bertz CT molecular complexity index is 225. The normalized spacial score (nSPS) is 15.6. The zero-order valence-electron chi connectivity index (χ0n) is 7.01. The van der Waals surface area contributed by atoms with E-state index >= 15 is 0 Å². The summed E-state index contributed by atoms with van der Waals surface area (Å²) in [5, 5.41) is 18.4. The lowest BCUT2D eigenvalue weighted by atomic mass is 9.99. The van der Waals surface area contributed by atoms with Gasteiger partial charge in [-0.1, -0.05) is 6.92 Å². The molecule has 3 heteroatoms. The molecule has 2 N–H and O–H groups in total. The second-order valence-corrected chi connectivity index (χ2v) is 2.89. The molecule has 0 aromatic carbocycles. The summed E-state index contributed by atoms with van der Waals surface area (Å²) in [7, 11) is 0. The summed E-state index contributed by atoms with van der Waals surface area (Å²) >= 11 is 0. The van der Waals surface area contributed by atoms with Crippen molar-refractivity contribution in [3.63, 3.8) is 0 Å². The zero-order valence-corrected chi connectivity index (χ0v) is 7.01. The highest BCUT2D eigenvalue weighted by Crippen LogP contribution is 2.19. The Morgan fingerprint density at radius 1 is 1.42 bits per heavy atom. The highest BCUT2D eigenvalue weighted by atomic mass is 16.3. The molecule has 0 aliphatic carbocycles. The standard InChI is InChI=1S/C9H13NO2/c1-7(6-11)9(12)8-2-4-10-5-3-8/h2-5,7,9,11-12H,6H2,1H3/t7-,9-/m1/s1. The van der Waals surface area contributed by atoms with E-state index in [1.54, 1.807) is 31.5 Å². The fourth-order valence-electron chi connectivity index (χ4n) is 0.989. The maximum atomic E-state index is 9.60. The first-order chi connectivity index (χ1) is 5.75. The van der Waals surface area contributed by atoms with E-state index in [0.29, 0.717) is 0 Å². The summed E-state index contributed by atoms with van der Waals surface area (Å²) in [4.78, 5) is 3.84. The van der Waals surface area contributed by atoms with E-state index in [4.69, 9.17) is 5.11 Å². The van der Waals surface area contributed by atoms with E-state index in [0.717, 1.165) is 5.56 Å². The summed E-state index contributed by atoms with van der Waals surface area (Å²) in [5.41, 5.74) is 0.798. The van der Waals surface area contributed by atoms with Crippen molar-refractivity contribution in [3.05, 3.63) is 30.1 Å². The van der Waals surface area contributed by atoms with Gasteiger partial charge in [-0.15, -0.1) is 0 Å². The van der Waals surface area contributed by atoms with E-state index in [9.17, 15) is 5.11 Å². The smallest absolute Gasteiger partial charge is 0.0838 e. The van der Waals surface area contributed by atoms with Crippen LogP contribution >= 0.6 is 0 Å². The van der Waals surface area contributed by atoms with Crippen molar-refractivity contribution in [2.24, 2.45) is 5.92 Å². The molecular weight excluding hydrogens is 154 g/mol. The van der Waals surface area contributed by atoms with Crippen LogP contribution in [0.2, 0.25) is 0 Å². The van der Waals surface area contributed by atoms with Gasteiger partial charge in [0, 0.05) is 24.9 Å². The van der Waals surface area contributed by atoms with Gasteiger partial charge in [-0.2, -0.15) is 0 Å². The molecule has 0 unspecified atom stereocenters. The molecule has 0 aliphatic heterocycles. The van der Waals surface area contributed by atoms with Gasteiger partial charge in [-0.25, -0.2) is 0 Å². The van der Waals surface area contributed by atoms with E-state index < -0.39 is 6.10 Å². The van der Waals surface area contributed by atoms with Crippen LogP contribution in [-0.4, -0.2) is 21.8 Å². The highest BCUT2D eigenvalue weighted by Gasteiger charge is 2.14. The second-order valence-electron chi connectivity index (χ2n) is 2.89. The average molecular weight is 167 g/mol.